The number of nitrogens with zero attached hydrogens (tertiary/aromatic N) is 1. The van der Waals surface area contributed by atoms with Gasteiger partial charge in [-0.2, -0.15) is 0 Å². The summed E-state index contributed by atoms with van der Waals surface area (Å²) in [6, 6.07) is 12.8. The van der Waals surface area contributed by atoms with Gasteiger partial charge in [0, 0.05) is 6.54 Å². The average molecular weight is 457 g/mol. The molecule has 1 saturated heterocycles. The van der Waals surface area contributed by atoms with Crippen molar-refractivity contribution in [2.45, 2.75) is 38.7 Å². The summed E-state index contributed by atoms with van der Waals surface area (Å²) in [5, 5.41) is 2.51. The summed E-state index contributed by atoms with van der Waals surface area (Å²) in [5.74, 6) is -1.02. The van der Waals surface area contributed by atoms with Crippen molar-refractivity contribution in [1.29, 1.82) is 0 Å². The van der Waals surface area contributed by atoms with Crippen LogP contribution in [0.4, 0.5) is 14.9 Å². The molecule has 4 rings (SSSR count). The summed E-state index contributed by atoms with van der Waals surface area (Å²) in [6.45, 7) is 4.47. The number of halogens is 2. The van der Waals surface area contributed by atoms with Gasteiger partial charge >= 0.3 is 6.09 Å². The highest BCUT2D eigenvalue weighted by Gasteiger charge is 2.49. The van der Waals surface area contributed by atoms with Gasteiger partial charge in [0.15, 0.2) is 11.4 Å². The number of allylic oxidation sites excluding steroid dienone is 1. The fourth-order valence-electron chi connectivity index (χ4n) is 4.68. The Morgan fingerprint density at radius 2 is 2.06 bits per heavy atom. The second kappa shape index (κ2) is 8.94. The predicted octanol–water partition coefficient (Wildman–Crippen LogP) is 5.68. The van der Waals surface area contributed by atoms with E-state index in [2.05, 4.69) is 5.32 Å². The molecule has 32 heavy (non-hydrogen) atoms. The maximum Gasteiger partial charge on any atom is 0.412 e. The number of rotatable bonds is 4. The summed E-state index contributed by atoms with van der Waals surface area (Å²) in [7, 11) is 0. The number of piperidine rings is 1. The molecule has 2 aromatic rings. The van der Waals surface area contributed by atoms with Crippen LogP contribution in [-0.2, 0) is 21.6 Å². The number of likely N-dealkylation sites (tertiary alicyclic amines) is 1. The van der Waals surface area contributed by atoms with Gasteiger partial charge in [0.05, 0.1) is 28.7 Å². The van der Waals surface area contributed by atoms with Crippen LogP contribution in [0.5, 0.6) is 0 Å². The number of fused-ring (bicyclic) bond motifs is 2. The Morgan fingerprint density at radius 3 is 2.78 bits per heavy atom. The summed E-state index contributed by atoms with van der Waals surface area (Å²) >= 11 is 6.05. The SMILES string of the molecule is CC=C(C)C(Cc1ccccc1)C(=O)N1CCCC2(C1)OC(=O)Nc1ccc(Cl)c(F)c12. The third-order valence-corrected chi connectivity index (χ3v) is 6.72. The monoisotopic (exact) mass is 456 g/mol. The maximum atomic E-state index is 15.1. The van der Waals surface area contributed by atoms with Gasteiger partial charge in [-0.3, -0.25) is 10.1 Å². The first-order valence-electron chi connectivity index (χ1n) is 10.8. The molecule has 2 unspecified atom stereocenters. The molecule has 2 atom stereocenters. The van der Waals surface area contributed by atoms with Crippen molar-refractivity contribution in [3.8, 4) is 0 Å². The van der Waals surface area contributed by atoms with Crippen molar-refractivity contribution in [3.05, 3.63) is 76.1 Å². The van der Waals surface area contributed by atoms with E-state index in [0.29, 0.717) is 31.5 Å². The first kappa shape index (κ1) is 22.3. The lowest BCUT2D eigenvalue weighted by Crippen LogP contribution is -2.54. The van der Waals surface area contributed by atoms with E-state index < -0.39 is 17.5 Å². The van der Waals surface area contributed by atoms with Gasteiger partial charge in [-0.05, 0) is 50.8 Å². The van der Waals surface area contributed by atoms with E-state index in [1.54, 1.807) is 11.0 Å². The van der Waals surface area contributed by atoms with Crippen LogP contribution in [0.25, 0.3) is 0 Å². The fourth-order valence-corrected chi connectivity index (χ4v) is 4.83. The highest BCUT2D eigenvalue weighted by molar-refractivity contribution is 6.31. The Bertz CT molecular complexity index is 1070. The first-order valence-corrected chi connectivity index (χ1v) is 11.2. The molecule has 7 heteroatoms. The van der Waals surface area contributed by atoms with Crippen molar-refractivity contribution < 1.29 is 18.7 Å². The fraction of sp³-hybridized carbons (Fsp3) is 0.360. The number of hydrogen-bond donors (Lipinski definition) is 1. The molecule has 0 radical (unpaired) electrons. The van der Waals surface area contributed by atoms with Crippen LogP contribution < -0.4 is 5.32 Å². The number of anilines is 1. The molecule has 0 aromatic heterocycles. The smallest absolute Gasteiger partial charge is 0.412 e. The van der Waals surface area contributed by atoms with Crippen LogP contribution in [0.3, 0.4) is 0 Å². The molecule has 1 N–H and O–H groups in total. The van der Waals surface area contributed by atoms with Gasteiger partial charge in [-0.1, -0.05) is 53.6 Å². The van der Waals surface area contributed by atoms with Gasteiger partial charge < -0.3 is 9.64 Å². The summed E-state index contributed by atoms with van der Waals surface area (Å²) in [5.41, 5.74) is 1.32. The maximum absolute atomic E-state index is 15.1. The van der Waals surface area contributed by atoms with Gasteiger partial charge in [-0.15, -0.1) is 0 Å². The molecule has 2 aliphatic rings. The molecule has 5 nitrogen and oxygen atoms in total. The molecule has 1 spiro atoms. The van der Waals surface area contributed by atoms with Gasteiger partial charge in [0.25, 0.3) is 0 Å². The van der Waals surface area contributed by atoms with E-state index in [-0.39, 0.29) is 29.0 Å². The summed E-state index contributed by atoms with van der Waals surface area (Å²) in [4.78, 5) is 27.7. The van der Waals surface area contributed by atoms with Gasteiger partial charge in [-0.25, -0.2) is 9.18 Å². The topological polar surface area (TPSA) is 58.6 Å². The second-order valence-electron chi connectivity index (χ2n) is 8.43. The lowest BCUT2D eigenvalue weighted by atomic mass is 9.82. The minimum absolute atomic E-state index is 0.0435. The number of ether oxygens (including phenoxy) is 1. The average Bonchev–Trinajstić information content (AvgIpc) is 2.79. The Kier molecular flexibility index (Phi) is 6.24. The van der Waals surface area contributed by atoms with E-state index in [1.807, 2.05) is 50.3 Å². The predicted molar refractivity (Wildman–Crippen MR) is 122 cm³/mol. The third kappa shape index (κ3) is 4.11. The summed E-state index contributed by atoms with van der Waals surface area (Å²) < 4.78 is 20.8. The molecule has 1 fully saturated rings. The van der Waals surface area contributed by atoms with Crippen LogP contribution in [0.15, 0.2) is 54.1 Å². The van der Waals surface area contributed by atoms with E-state index in [4.69, 9.17) is 16.3 Å². The highest BCUT2D eigenvalue weighted by atomic mass is 35.5. The number of benzene rings is 2. The Morgan fingerprint density at radius 1 is 1.31 bits per heavy atom. The van der Waals surface area contributed by atoms with Crippen molar-refractivity contribution in [2.24, 2.45) is 5.92 Å². The highest BCUT2D eigenvalue weighted by Crippen LogP contribution is 2.45. The number of nitrogens with one attached hydrogen (secondary N) is 1. The van der Waals surface area contributed by atoms with E-state index in [0.717, 1.165) is 11.1 Å². The first-order chi connectivity index (χ1) is 15.3. The minimum Gasteiger partial charge on any atom is -0.436 e. The van der Waals surface area contributed by atoms with Crippen molar-refractivity contribution >= 4 is 29.3 Å². The van der Waals surface area contributed by atoms with Crippen LogP contribution in [0.1, 0.15) is 37.8 Å². The molecule has 2 heterocycles. The van der Waals surface area contributed by atoms with Gasteiger partial charge in [0.1, 0.15) is 0 Å². The minimum atomic E-state index is -1.26. The molecule has 0 saturated carbocycles. The zero-order chi connectivity index (χ0) is 22.9. The normalized spacial score (nSPS) is 21.6. The molecule has 0 aliphatic carbocycles. The van der Waals surface area contributed by atoms with Crippen molar-refractivity contribution in [2.75, 3.05) is 18.4 Å². The lowest BCUT2D eigenvalue weighted by Gasteiger charge is -2.45. The van der Waals surface area contributed by atoms with Crippen LogP contribution in [-0.4, -0.2) is 30.0 Å². The molecular weight excluding hydrogens is 431 g/mol. The third-order valence-electron chi connectivity index (χ3n) is 6.43. The van der Waals surface area contributed by atoms with Crippen LogP contribution in [0, 0.1) is 11.7 Å². The quantitative estimate of drug-likeness (QED) is 0.602. The molecule has 2 aromatic carbocycles. The zero-order valence-corrected chi connectivity index (χ0v) is 18.9. The van der Waals surface area contributed by atoms with Crippen LogP contribution >= 0.6 is 11.6 Å². The van der Waals surface area contributed by atoms with Crippen LogP contribution in [0.2, 0.25) is 5.02 Å². The second-order valence-corrected chi connectivity index (χ2v) is 8.84. The van der Waals surface area contributed by atoms with Gasteiger partial charge in [0.2, 0.25) is 5.91 Å². The Labute approximate surface area is 192 Å². The largest absolute Gasteiger partial charge is 0.436 e. The Balaban J connectivity index is 1.67. The molecule has 168 valence electrons. The Hall–Kier alpha value is -2.86. The zero-order valence-electron chi connectivity index (χ0n) is 18.2. The molecule has 2 aliphatic heterocycles. The summed E-state index contributed by atoms with van der Waals surface area (Å²) in [6.07, 6.45) is 2.86. The molecule has 2 amide bonds. The van der Waals surface area contributed by atoms with Crippen molar-refractivity contribution in [3.63, 3.8) is 0 Å². The number of carbonyl (C=O) groups is 2. The van der Waals surface area contributed by atoms with E-state index in [9.17, 15) is 9.59 Å². The van der Waals surface area contributed by atoms with E-state index >= 15 is 4.39 Å². The number of carbonyl (C=O) groups excluding carboxylic acids is 2. The number of amides is 2. The number of hydrogen-bond acceptors (Lipinski definition) is 3. The standard InChI is InChI=1S/C25H26ClFN2O3/c1-3-16(2)18(14-17-8-5-4-6-9-17)23(30)29-13-7-12-25(15-29)21-20(28-24(31)32-25)11-10-19(26)22(21)27/h3-6,8-11,18H,7,12-15H2,1-2H3,(H,28,31). The van der Waals surface area contributed by atoms with E-state index in [1.165, 1.54) is 6.07 Å². The van der Waals surface area contributed by atoms with Crippen molar-refractivity contribution in [1.82, 2.24) is 4.90 Å². The lowest BCUT2D eigenvalue weighted by molar-refractivity contribution is -0.142. The molecular formula is C25H26ClFN2O3. The molecule has 0 bridgehead atoms.